The van der Waals surface area contributed by atoms with E-state index in [1.165, 1.54) is 10.8 Å². The summed E-state index contributed by atoms with van der Waals surface area (Å²) in [5.74, 6) is 0. The zero-order valence-electron chi connectivity index (χ0n) is 9.80. The summed E-state index contributed by atoms with van der Waals surface area (Å²) in [6.45, 7) is 1.99. The van der Waals surface area contributed by atoms with Crippen molar-refractivity contribution in [1.82, 2.24) is 4.57 Å². The quantitative estimate of drug-likeness (QED) is 0.707. The molecule has 0 saturated carbocycles. The number of aliphatic hydroxyl groups is 1. The van der Waals surface area contributed by atoms with Crippen molar-refractivity contribution >= 4 is 21.8 Å². The second-order valence-electron chi connectivity index (χ2n) is 4.29. The molecule has 0 bridgehead atoms. The van der Waals surface area contributed by atoms with Gasteiger partial charge >= 0.3 is 0 Å². The molecule has 2 nitrogen and oxygen atoms in total. The number of nitrogens with zero attached hydrogens (tertiary/aromatic N) is 1. The molecule has 1 N–H and O–H groups in total. The van der Waals surface area contributed by atoms with E-state index in [1.54, 1.807) is 0 Å². The molecule has 3 aromatic rings. The van der Waals surface area contributed by atoms with Crippen molar-refractivity contribution < 1.29 is 5.11 Å². The fraction of sp³-hybridized carbons (Fsp3) is 0.200. The second-order valence-corrected chi connectivity index (χ2v) is 4.29. The topological polar surface area (TPSA) is 25.2 Å². The lowest BCUT2D eigenvalue weighted by molar-refractivity contribution is 0.109. The predicted octanol–water partition coefficient (Wildman–Crippen LogP) is 3.70. The molecule has 2 heteroatoms. The third-order valence-electron chi connectivity index (χ3n) is 3.28. The summed E-state index contributed by atoms with van der Waals surface area (Å²) in [6.07, 6.45) is 0.252. The molecule has 86 valence electrons. The molecule has 0 spiro atoms. The molecule has 1 unspecified atom stereocenters. The van der Waals surface area contributed by atoms with Gasteiger partial charge in [-0.3, -0.25) is 0 Å². The predicted molar refractivity (Wildman–Crippen MR) is 71.0 cm³/mol. The van der Waals surface area contributed by atoms with Crippen LogP contribution >= 0.6 is 0 Å². The van der Waals surface area contributed by atoms with Crippen molar-refractivity contribution in [2.24, 2.45) is 0 Å². The van der Waals surface area contributed by atoms with E-state index in [9.17, 15) is 5.11 Å². The molecule has 3 rings (SSSR count). The Morgan fingerprint density at radius 3 is 1.88 bits per heavy atom. The van der Waals surface area contributed by atoms with Gasteiger partial charge in [0.15, 0.2) is 0 Å². The van der Waals surface area contributed by atoms with Gasteiger partial charge in [0.1, 0.15) is 6.23 Å². The van der Waals surface area contributed by atoms with Crippen LogP contribution in [0.25, 0.3) is 21.8 Å². The van der Waals surface area contributed by atoms with Crippen molar-refractivity contribution in [3.05, 3.63) is 48.5 Å². The SMILES string of the molecule is CCC(O)n1c2ccccc2c2ccccc21. The zero-order valence-corrected chi connectivity index (χ0v) is 9.80. The summed E-state index contributed by atoms with van der Waals surface area (Å²) in [6, 6.07) is 16.4. The maximum absolute atomic E-state index is 10.2. The molecular formula is C15H15NO. The summed E-state index contributed by atoms with van der Waals surface area (Å²) in [7, 11) is 0. The van der Waals surface area contributed by atoms with Crippen LogP contribution in [-0.2, 0) is 0 Å². The highest BCUT2D eigenvalue weighted by molar-refractivity contribution is 6.08. The number of benzene rings is 2. The minimum atomic E-state index is -0.459. The van der Waals surface area contributed by atoms with Crippen LogP contribution in [0.15, 0.2) is 48.5 Å². The lowest BCUT2D eigenvalue weighted by Crippen LogP contribution is -2.05. The van der Waals surface area contributed by atoms with E-state index in [-0.39, 0.29) is 0 Å². The fourth-order valence-electron chi connectivity index (χ4n) is 2.46. The van der Waals surface area contributed by atoms with Gasteiger partial charge in [-0.2, -0.15) is 0 Å². The maximum atomic E-state index is 10.2. The summed E-state index contributed by atoms with van der Waals surface area (Å²) in [5.41, 5.74) is 2.20. The van der Waals surface area contributed by atoms with Gasteiger partial charge in [-0.15, -0.1) is 0 Å². The standard InChI is InChI=1S/C15H15NO/c1-2-15(17)16-13-9-5-3-7-11(13)12-8-4-6-10-14(12)16/h3-10,15,17H,2H2,1H3. The van der Waals surface area contributed by atoms with Crippen LogP contribution in [0.4, 0.5) is 0 Å². The fourth-order valence-corrected chi connectivity index (χ4v) is 2.46. The van der Waals surface area contributed by atoms with E-state index >= 15 is 0 Å². The summed E-state index contributed by atoms with van der Waals surface area (Å²) >= 11 is 0. The first-order chi connectivity index (χ1) is 8.33. The molecule has 1 aromatic heterocycles. The van der Waals surface area contributed by atoms with E-state index in [0.29, 0.717) is 6.42 Å². The average molecular weight is 225 g/mol. The lowest BCUT2D eigenvalue weighted by Gasteiger charge is -2.13. The maximum Gasteiger partial charge on any atom is 0.131 e. The lowest BCUT2D eigenvalue weighted by atomic mass is 10.2. The van der Waals surface area contributed by atoms with Crippen molar-refractivity contribution in [3.8, 4) is 0 Å². The molecule has 2 aromatic carbocycles. The monoisotopic (exact) mass is 225 g/mol. The molecule has 0 saturated heterocycles. The Bertz CT molecular complexity index is 616. The Hall–Kier alpha value is -1.80. The third-order valence-corrected chi connectivity index (χ3v) is 3.28. The van der Waals surface area contributed by atoms with E-state index in [1.807, 2.05) is 35.8 Å². The summed E-state index contributed by atoms with van der Waals surface area (Å²) in [5, 5.41) is 12.6. The van der Waals surface area contributed by atoms with Crippen LogP contribution in [0.1, 0.15) is 19.6 Å². The van der Waals surface area contributed by atoms with Crippen LogP contribution in [0.2, 0.25) is 0 Å². The number of para-hydroxylation sites is 2. The van der Waals surface area contributed by atoms with Crippen molar-refractivity contribution in [2.75, 3.05) is 0 Å². The molecule has 17 heavy (non-hydrogen) atoms. The largest absolute Gasteiger partial charge is 0.373 e. The number of aromatic nitrogens is 1. The van der Waals surface area contributed by atoms with E-state index in [0.717, 1.165) is 11.0 Å². The number of aliphatic hydroxyl groups excluding tert-OH is 1. The smallest absolute Gasteiger partial charge is 0.131 e. The molecule has 1 heterocycles. The summed E-state index contributed by atoms with van der Waals surface area (Å²) in [4.78, 5) is 0. The number of hydrogen-bond acceptors (Lipinski definition) is 1. The summed E-state index contributed by atoms with van der Waals surface area (Å²) < 4.78 is 2.02. The average Bonchev–Trinajstić information content (AvgIpc) is 2.72. The highest BCUT2D eigenvalue weighted by Gasteiger charge is 2.13. The minimum Gasteiger partial charge on any atom is -0.373 e. The van der Waals surface area contributed by atoms with Gasteiger partial charge in [-0.1, -0.05) is 43.3 Å². The van der Waals surface area contributed by atoms with Gasteiger partial charge < -0.3 is 9.67 Å². The van der Waals surface area contributed by atoms with Gasteiger partial charge in [-0.25, -0.2) is 0 Å². The Labute approximate surface area is 100 Å². The number of hydrogen-bond donors (Lipinski definition) is 1. The van der Waals surface area contributed by atoms with Crippen LogP contribution in [0.3, 0.4) is 0 Å². The van der Waals surface area contributed by atoms with Crippen molar-refractivity contribution in [1.29, 1.82) is 0 Å². The molecular weight excluding hydrogens is 210 g/mol. The van der Waals surface area contributed by atoms with Crippen LogP contribution in [0, 0.1) is 0 Å². The number of fused-ring (bicyclic) bond motifs is 3. The highest BCUT2D eigenvalue weighted by Crippen LogP contribution is 2.31. The number of rotatable bonds is 2. The first-order valence-electron chi connectivity index (χ1n) is 5.98. The van der Waals surface area contributed by atoms with Gasteiger partial charge in [0.25, 0.3) is 0 Å². The van der Waals surface area contributed by atoms with Gasteiger partial charge in [-0.05, 0) is 18.6 Å². The minimum absolute atomic E-state index is 0.459. The normalized spacial score (nSPS) is 13.3. The molecule has 0 fully saturated rings. The zero-order chi connectivity index (χ0) is 11.8. The first kappa shape index (κ1) is 10.4. The second kappa shape index (κ2) is 3.90. The highest BCUT2D eigenvalue weighted by atomic mass is 16.3. The van der Waals surface area contributed by atoms with Crippen LogP contribution in [0.5, 0.6) is 0 Å². The Kier molecular flexibility index (Phi) is 2.37. The molecule has 1 atom stereocenters. The van der Waals surface area contributed by atoms with Crippen molar-refractivity contribution in [2.45, 2.75) is 19.6 Å². The first-order valence-corrected chi connectivity index (χ1v) is 5.98. The molecule has 0 radical (unpaired) electrons. The Morgan fingerprint density at radius 1 is 0.941 bits per heavy atom. The van der Waals surface area contributed by atoms with E-state index in [2.05, 4.69) is 24.3 Å². The molecule has 0 aliphatic heterocycles. The van der Waals surface area contributed by atoms with E-state index in [4.69, 9.17) is 0 Å². The molecule has 0 amide bonds. The Balaban J connectivity index is 2.50. The van der Waals surface area contributed by atoms with Crippen LogP contribution < -0.4 is 0 Å². The van der Waals surface area contributed by atoms with Crippen molar-refractivity contribution in [3.63, 3.8) is 0 Å². The van der Waals surface area contributed by atoms with E-state index < -0.39 is 6.23 Å². The van der Waals surface area contributed by atoms with Gasteiger partial charge in [0.2, 0.25) is 0 Å². The molecule has 0 aliphatic rings. The van der Waals surface area contributed by atoms with Gasteiger partial charge in [0.05, 0.1) is 11.0 Å². The molecule has 0 aliphatic carbocycles. The third kappa shape index (κ3) is 1.45. The van der Waals surface area contributed by atoms with Crippen LogP contribution in [-0.4, -0.2) is 9.67 Å². The Morgan fingerprint density at radius 2 is 1.41 bits per heavy atom. The van der Waals surface area contributed by atoms with Gasteiger partial charge in [0, 0.05) is 10.8 Å².